The fourth-order valence-electron chi connectivity index (χ4n) is 3.91. The van der Waals surface area contributed by atoms with Crippen LogP contribution >= 0.6 is 0 Å². The number of carbonyl (C=O) groups excluding carboxylic acids is 3. The Bertz CT molecular complexity index is 839. The molecular weight excluding hydrogens is 366 g/mol. The van der Waals surface area contributed by atoms with Crippen LogP contribution < -0.4 is 0 Å². The molecule has 0 radical (unpaired) electrons. The second kappa shape index (κ2) is 9.32. The summed E-state index contributed by atoms with van der Waals surface area (Å²) in [5.41, 5.74) is 1.98. The quantitative estimate of drug-likeness (QED) is 0.628. The van der Waals surface area contributed by atoms with E-state index >= 15 is 0 Å². The average Bonchev–Trinajstić information content (AvgIpc) is 3.09. The SMILES string of the molecule is C=CC[C@H](CC(C)=O)C(=O)N1C(=O)OC[C@H]1C(c1ccccc1)c1ccccc1. The highest BCUT2D eigenvalue weighted by molar-refractivity contribution is 5.96. The molecule has 0 unspecified atom stereocenters. The average molecular weight is 391 g/mol. The van der Waals surface area contributed by atoms with E-state index in [2.05, 4.69) is 6.58 Å². The van der Waals surface area contributed by atoms with Crippen LogP contribution in [0.3, 0.4) is 0 Å². The molecule has 5 nitrogen and oxygen atoms in total. The molecule has 5 heteroatoms. The minimum absolute atomic E-state index is 0.0721. The first-order chi connectivity index (χ1) is 14.0. The van der Waals surface area contributed by atoms with Gasteiger partial charge in [0.05, 0.1) is 6.04 Å². The van der Waals surface area contributed by atoms with Crippen molar-refractivity contribution >= 4 is 17.8 Å². The number of ether oxygens (including phenoxy) is 1. The van der Waals surface area contributed by atoms with Crippen LogP contribution in [-0.2, 0) is 14.3 Å². The maximum atomic E-state index is 13.3. The van der Waals surface area contributed by atoms with E-state index in [1.165, 1.54) is 11.8 Å². The van der Waals surface area contributed by atoms with Crippen molar-refractivity contribution in [3.05, 3.63) is 84.4 Å². The van der Waals surface area contributed by atoms with Gasteiger partial charge in [0.1, 0.15) is 12.4 Å². The van der Waals surface area contributed by atoms with Crippen molar-refractivity contribution in [2.75, 3.05) is 6.61 Å². The number of benzene rings is 2. The predicted octanol–water partition coefficient (Wildman–Crippen LogP) is 4.34. The third kappa shape index (κ3) is 4.62. The van der Waals surface area contributed by atoms with Gasteiger partial charge in [-0.3, -0.25) is 4.79 Å². The van der Waals surface area contributed by atoms with Crippen molar-refractivity contribution in [3.63, 3.8) is 0 Å². The van der Waals surface area contributed by atoms with Gasteiger partial charge in [0.2, 0.25) is 5.91 Å². The minimum Gasteiger partial charge on any atom is -0.447 e. The monoisotopic (exact) mass is 391 g/mol. The number of allylic oxidation sites excluding steroid dienone is 1. The van der Waals surface area contributed by atoms with Crippen molar-refractivity contribution in [1.29, 1.82) is 0 Å². The zero-order valence-corrected chi connectivity index (χ0v) is 16.5. The lowest BCUT2D eigenvalue weighted by molar-refractivity contribution is -0.136. The number of hydrogen-bond donors (Lipinski definition) is 0. The summed E-state index contributed by atoms with van der Waals surface area (Å²) >= 11 is 0. The van der Waals surface area contributed by atoms with Crippen LogP contribution in [0.4, 0.5) is 4.79 Å². The van der Waals surface area contributed by atoms with E-state index in [-0.39, 0.29) is 30.6 Å². The van der Waals surface area contributed by atoms with Crippen LogP contribution in [0.25, 0.3) is 0 Å². The summed E-state index contributed by atoms with van der Waals surface area (Å²) in [4.78, 5) is 38.7. The van der Waals surface area contributed by atoms with Gasteiger partial charge in [-0.25, -0.2) is 9.69 Å². The fraction of sp³-hybridized carbons (Fsp3) is 0.292. The maximum Gasteiger partial charge on any atom is 0.417 e. The number of amides is 2. The second-order valence-electron chi connectivity index (χ2n) is 7.28. The lowest BCUT2D eigenvalue weighted by Gasteiger charge is -2.30. The highest BCUT2D eigenvalue weighted by Gasteiger charge is 2.45. The molecule has 1 heterocycles. The Kier molecular flexibility index (Phi) is 6.60. The number of ketones is 1. The van der Waals surface area contributed by atoms with E-state index < -0.39 is 18.1 Å². The summed E-state index contributed by atoms with van der Waals surface area (Å²) in [6.45, 7) is 5.24. The molecule has 0 saturated carbocycles. The molecule has 150 valence electrons. The van der Waals surface area contributed by atoms with Crippen molar-refractivity contribution in [2.45, 2.75) is 31.7 Å². The smallest absolute Gasteiger partial charge is 0.417 e. The van der Waals surface area contributed by atoms with E-state index in [0.717, 1.165) is 11.1 Å². The van der Waals surface area contributed by atoms with Crippen LogP contribution in [0.15, 0.2) is 73.3 Å². The standard InChI is InChI=1S/C24H25NO4/c1-3-10-20(15-17(2)26)23(27)25-21(16-29-24(25)28)22(18-11-6-4-7-12-18)19-13-8-5-9-14-19/h3-9,11-14,20-22H,1,10,15-16H2,2H3/t20-,21+/m1/s1. The Morgan fingerprint density at radius 1 is 1.10 bits per heavy atom. The molecule has 1 aliphatic heterocycles. The summed E-state index contributed by atoms with van der Waals surface area (Å²) in [5, 5.41) is 0. The Balaban J connectivity index is 2.00. The van der Waals surface area contributed by atoms with E-state index in [0.29, 0.717) is 6.42 Å². The summed E-state index contributed by atoms with van der Waals surface area (Å²) < 4.78 is 5.31. The highest BCUT2D eigenvalue weighted by atomic mass is 16.6. The Hall–Kier alpha value is -3.21. The van der Waals surface area contributed by atoms with Gasteiger partial charge < -0.3 is 9.53 Å². The lowest BCUT2D eigenvalue weighted by atomic mass is 9.84. The second-order valence-corrected chi connectivity index (χ2v) is 7.28. The first kappa shape index (κ1) is 20.5. The van der Waals surface area contributed by atoms with E-state index in [4.69, 9.17) is 4.74 Å². The van der Waals surface area contributed by atoms with Gasteiger partial charge in [0.15, 0.2) is 0 Å². The van der Waals surface area contributed by atoms with Crippen LogP contribution in [0.1, 0.15) is 36.8 Å². The molecule has 2 atom stereocenters. The molecule has 0 spiro atoms. The van der Waals surface area contributed by atoms with Crippen LogP contribution in [0, 0.1) is 5.92 Å². The molecule has 3 rings (SSSR count). The number of Topliss-reactive ketones (excluding diaryl/α,β-unsaturated/α-hetero) is 1. The van der Waals surface area contributed by atoms with Gasteiger partial charge in [0, 0.05) is 18.3 Å². The molecule has 2 aromatic rings. The first-order valence-corrected chi connectivity index (χ1v) is 9.73. The fourth-order valence-corrected chi connectivity index (χ4v) is 3.91. The third-order valence-electron chi connectivity index (χ3n) is 5.18. The van der Waals surface area contributed by atoms with Gasteiger partial charge in [-0.2, -0.15) is 0 Å². The molecular formula is C24H25NO4. The summed E-state index contributed by atoms with van der Waals surface area (Å²) in [6, 6.07) is 19.1. The molecule has 0 N–H and O–H groups in total. The van der Waals surface area contributed by atoms with Crippen LogP contribution in [-0.4, -0.2) is 35.3 Å². The zero-order valence-electron chi connectivity index (χ0n) is 16.5. The Morgan fingerprint density at radius 2 is 1.66 bits per heavy atom. The largest absolute Gasteiger partial charge is 0.447 e. The van der Waals surface area contributed by atoms with E-state index in [9.17, 15) is 14.4 Å². The molecule has 0 bridgehead atoms. The van der Waals surface area contributed by atoms with Crippen molar-refractivity contribution in [1.82, 2.24) is 4.90 Å². The van der Waals surface area contributed by atoms with Gasteiger partial charge >= 0.3 is 6.09 Å². The van der Waals surface area contributed by atoms with E-state index in [1.54, 1.807) is 6.08 Å². The predicted molar refractivity (Wildman–Crippen MR) is 110 cm³/mol. The number of hydrogen-bond acceptors (Lipinski definition) is 4. The molecule has 1 saturated heterocycles. The third-order valence-corrected chi connectivity index (χ3v) is 5.18. The zero-order chi connectivity index (χ0) is 20.8. The Labute approximate surface area is 171 Å². The van der Waals surface area contributed by atoms with Crippen molar-refractivity contribution < 1.29 is 19.1 Å². The number of carbonyl (C=O) groups is 3. The van der Waals surface area contributed by atoms with Gasteiger partial charge in [-0.1, -0.05) is 66.7 Å². The molecule has 2 amide bonds. The normalized spacial score (nSPS) is 17.1. The minimum atomic E-state index is -0.658. The number of rotatable bonds is 8. The van der Waals surface area contributed by atoms with E-state index in [1.807, 2.05) is 60.7 Å². The molecule has 0 aromatic heterocycles. The van der Waals surface area contributed by atoms with Gasteiger partial charge in [0.25, 0.3) is 0 Å². The number of nitrogens with zero attached hydrogens (tertiary/aromatic N) is 1. The van der Waals surface area contributed by atoms with Crippen LogP contribution in [0.2, 0.25) is 0 Å². The van der Waals surface area contributed by atoms with Gasteiger partial charge in [-0.15, -0.1) is 6.58 Å². The first-order valence-electron chi connectivity index (χ1n) is 9.73. The number of imide groups is 1. The molecule has 1 aliphatic rings. The summed E-state index contributed by atoms with van der Waals surface area (Å²) in [5.74, 6) is -1.33. The molecule has 2 aromatic carbocycles. The lowest BCUT2D eigenvalue weighted by Crippen LogP contribution is -2.45. The Morgan fingerprint density at radius 3 is 2.14 bits per heavy atom. The summed E-state index contributed by atoms with van der Waals surface area (Å²) in [6.07, 6.45) is 1.35. The van der Waals surface area contributed by atoms with Crippen molar-refractivity contribution in [3.8, 4) is 0 Å². The molecule has 0 aliphatic carbocycles. The van der Waals surface area contributed by atoms with Gasteiger partial charge in [-0.05, 0) is 24.5 Å². The highest BCUT2D eigenvalue weighted by Crippen LogP contribution is 2.35. The van der Waals surface area contributed by atoms with Crippen LogP contribution in [0.5, 0.6) is 0 Å². The molecule has 1 fully saturated rings. The molecule has 29 heavy (non-hydrogen) atoms. The topological polar surface area (TPSA) is 63.7 Å². The maximum absolute atomic E-state index is 13.3. The van der Waals surface area contributed by atoms with Crippen molar-refractivity contribution in [2.24, 2.45) is 5.92 Å². The summed E-state index contributed by atoms with van der Waals surface area (Å²) in [7, 11) is 0. The number of cyclic esters (lactones) is 1.